The lowest BCUT2D eigenvalue weighted by Crippen LogP contribution is -2.31. The van der Waals surface area contributed by atoms with E-state index >= 15 is 0 Å². The molecule has 5 nitrogen and oxygen atoms in total. The van der Waals surface area contributed by atoms with Gasteiger partial charge in [0.15, 0.2) is 5.78 Å². The van der Waals surface area contributed by atoms with Crippen molar-refractivity contribution < 1.29 is 24.5 Å². The number of hydrogen-bond acceptors (Lipinski definition) is 8. The van der Waals surface area contributed by atoms with Crippen molar-refractivity contribution in [2.45, 2.75) is 50.6 Å². The third-order valence-corrected chi connectivity index (χ3v) is 10.6. The minimum Gasteiger partial charge on any atom is -0.468 e. The van der Waals surface area contributed by atoms with Crippen molar-refractivity contribution in [3.8, 4) is 0 Å². The summed E-state index contributed by atoms with van der Waals surface area (Å²) in [5.41, 5.74) is -0.831. The number of thioether (sulfide) groups is 2. The van der Waals surface area contributed by atoms with Crippen molar-refractivity contribution in [3.63, 3.8) is 0 Å². The summed E-state index contributed by atoms with van der Waals surface area (Å²) in [6.45, 7) is 3.57. The highest BCUT2D eigenvalue weighted by molar-refractivity contribution is 8.01. The van der Waals surface area contributed by atoms with Gasteiger partial charge in [-0.05, 0) is 36.8 Å². The molecule has 1 aliphatic rings. The maximum absolute atomic E-state index is 13.0. The molecular weight excluding hydrogens is 524 g/mol. The predicted octanol–water partition coefficient (Wildman–Crippen LogP) is 5.39. The molecule has 0 aliphatic heterocycles. The number of ether oxygens (including phenoxy) is 1. The molecule has 0 saturated heterocycles. The smallest absolute Gasteiger partial charge is 0.315 e. The molecule has 1 aromatic heterocycles. The van der Waals surface area contributed by atoms with E-state index in [1.807, 2.05) is 30.3 Å². The van der Waals surface area contributed by atoms with Gasteiger partial charge in [0, 0.05) is 20.9 Å². The van der Waals surface area contributed by atoms with Crippen molar-refractivity contribution >= 4 is 68.3 Å². The van der Waals surface area contributed by atoms with E-state index in [1.54, 1.807) is 43.0 Å². The zero-order chi connectivity index (χ0) is 25.6. The van der Waals surface area contributed by atoms with Crippen LogP contribution in [0.5, 0.6) is 0 Å². The molecule has 1 aliphatic carbocycles. The van der Waals surface area contributed by atoms with Gasteiger partial charge in [-0.15, -0.1) is 23.1 Å². The Morgan fingerprint density at radius 1 is 1.31 bits per heavy atom. The molecule has 4 atom stereocenters. The molecular formula is C26H33ClO5S3. The molecule has 0 amide bonds. The molecule has 35 heavy (non-hydrogen) atoms. The minimum atomic E-state index is -0.831. The van der Waals surface area contributed by atoms with Crippen molar-refractivity contribution in [2.24, 2.45) is 11.3 Å². The first-order valence-electron chi connectivity index (χ1n) is 11.7. The Balaban J connectivity index is 1.55. The molecule has 0 bridgehead atoms. The lowest BCUT2D eigenvalue weighted by Gasteiger charge is -2.22. The van der Waals surface area contributed by atoms with Gasteiger partial charge in [-0.1, -0.05) is 55.8 Å². The van der Waals surface area contributed by atoms with Crippen LogP contribution in [0, 0.1) is 11.3 Å². The van der Waals surface area contributed by atoms with Crippen molar-refractivity contribution in [1.29, 1.82) is 0 Å². The third kappa shape index (κ3) is 7.05. The second kappa shape index (κ2) is 13.0. The van der Waals surface area contributed by atoms with E-state index in [4.69, 9.17) is 11.6 Å². The Hall–Kier alpha value is -1.03. The number of benzene rings is 1. The number of carbonyl (C=O) groups is 2. The van der Waals surface area contributed by atoms with Crippen LogP contribution in [0.4, 0.5) is 0 Å². The highest BCUT2D eigenvalue weighted by Crippen LogP contribution is 2.45. The average molecular weight is 557 g/mol. The van der Waals surface area contributed by atoms with E-state index in [1.165, 1.54) is 18.9 Å². The van der Waals surface area contributed by atoms with Gasteiger partial charge in [0.1, 0.15) is 0 Å². The Labute approximate surface area is 224 Å². The summed E-state index contributed by atoms with van der Waals surface area (Å²) in [5.74, 6) is 1.33. The van der Waals surface area contributed by atoms with Crippen LogP contribution in [0.2, 0.25) is 5.02 Å². The summed E-state index contributed by atoms with van der Waals surface area (Å²) in [5, 5.41) is 22.9. The number of carbonyl (C=O) groups excluding carboxylic acids is 2. The lowest BCUT2D eigenvalue weighted by atomic mass is 9.86. The van der Waals surface area contributed by atoms with Crippen molar-refractivity contribution in [2.75, 3.05) is 24.4 Å². The SMILES string of the molecule is COC(=O)CSCCCS[C@@H]1C(=O)C(C)(C)[C@@H](O)[C@H]1/C=C/C(O)CCc1sc2ccccc2c1Cl. The van der Waals surface area contributed by atoms with E-state index in [2.05, 4.69) is 4.74 Å². The Bertz CT molecular complexity index is 1050. The monoisotopic (exact) mass is 556 g/mol. The number of hydrogen-bond donors (Lipinski definition) is 2. The summed E-state index contributed by atoms with van der Waals surface area (Å²) >= 11 is 11.2. The third-order valence-electron chi connectivity index (χ3n) is 6.35. The fraction of sp³-hybridized carbons (Fsp3) is 0.538. The molecule has 9 heteroatoms. The number of methoxy groups -OCH3 is 1. The fourth-order valence-electron chi connectivity index (χ4n) is 4.17. The van der Waals surface area contributed by atoms with Gasteiger partial charge in [-0.3, -0.25) is 9.59 Å². The molecule has 2 N–H and O–H groups in total. The molecule has 1 aromatic carbocycles. The number of Topliss-reactive ketones (excluding diaryl/α,β-unsaturated/α-hetero) is 1. The second-order valence-electron chi connectivity index (χ2n) is 9.21. The van der Waals surface area contributed by atoms with E-state index in [0.717, 1.165) is 37.9 Å². The number of halogens is 1. The zero-order valence-electron chi connectivity index (χ0n) is 20.2. The maximum Gasteiger partial charge on any atom is 0.315 e. The van der Waals surface area contributed by atoms with Crippen molar-refractivity contribution in [3.05, 3.63) is 46.3 Å². The van der Waals surface area contributed by atoms with Crippen LogP contribution in [-0.2, 0) is 20.7 Å². The standard InChI is InChI=1S/C26H33ClO5S3/c1-26(2)24(30)18(23(25(26)31)34-14-6-13-33-15-21(29)32-3)11-9-16(28)10-12-20-22(27)17-7-4-5-8-19(17)35-20/h4-5,7-9,11,16,18,23-24,28,30H,6,10,12-15H2,1-3H3/b11-9+/t16?,18-,23-,24-/m0/s1. The number of esters is 1. The number of aryl methyl sites for hydroxylation is 1. The highest BCUT2D eigenvalue weighted by Gasteiger charge is 2.53. The molecule has 1 saturated carbocycles. The summed E-state index contributed by atoms with van der Waals surface area (Å²) in [6.07, 6.45) is 4.05. The maximum atomic E-state index is 13.0. The molecule has 1 fully saturated rings. The summed E-state index contributed by atoms with van der Waals surface area (Å²) in [6, 6.07) is 8.00. The number of aliphatic hydroxyl groups is 2. The van der Waals surface area contributed by atoms with E-state index in [-0.39, 0.29) is 22.9 Å². The van der Waals surface area contributed by atoms with Gasteiger partial charge in [-0.25, -0.2) is 0 Å². The normalized spacial score (nSPS) is 22.8. The number of fused-ring (bicyclic) bond motifs is 1. The van der Waals surface area contributed by atoms with Crippen LogP contribution < -0.4 is 0 Å². The number of aliphatic hydroxyl groups excluding tert-OH is 2. The molecule has 2 aromatic rings. The number of rotatable bonds is 12. The lowest BCUT2D eigenvalue weighted by molar-refractivity contribution is -0.137. The van der Waals surface area contributed by atoms with Gasteiger partial charge in [0.2, 0.25) is 0 Å². The predicted molar refractivity (Wildman–Crippen MR) is 149 cm³/mol. The molecule has 0 spiro atoms. The number of thiophene rings is 1. The molecule has 3 rings (SSSR count). The van der Waals surface area contributed by atoms with Crippen LogP contribution in [0.25, 0.3) is 10.1 Å². The first kappa shape index (κ1) is 28.5. The van der Waals surface area contributed by atoms with Crippen LogP contribution in [0.1, 0.15) is 31.6 Å². The highest BCUT2D eigenvalue weighted by atomic mass is 35.5. The van der Waals surface area contributed by atoms with Crippen LogP contribution in [0.3, 0.4) is 0 Å². The van der Waals surface area contributed by atoms with Gasteiger partial charge in [0.25, 0.3) is 0 Å². The van der Waals surface area contributed by atoms with Gasteiger partial charge in [-0.2, -0.15) is 11.8 Å². The topological polar surface area (TPSA) is 83.8 Å². The molecule has 1 unspecified atom stereocenters. The first-order valence-corrected chi connectivity index (χ1v) is 15.1. The molecule has 1 heterocycles. The van der Waals surface area contributed by atoms with Crippen LogP contribution in [-0.4, -0.2) is 63.8 Å². The fourth-order valence-corrected chi connectivity index (χ4v) is 8.15. The summed E-state index contributed by atoms with van der Waals surface area (Å²) < 4.78 is 5.77. The van der Waals surface area contributed by atoms with E-state index < -0.39 is 17.6 Å². The largest absolute Gasteiger partial charge is 0.468 e. The Morgan fingerprint density at radius 2 is 2.06 bits per heavy atom. The zero-order valence-corrected chi connectivity index (χ0v) is 23.4. The average Bonchev–Trinajstić information content (AvgIpc) is 3.25. The first-order chi connectivity index (χ1) is 16.7. The van der Waals surface area contributed by atoms with E-state index in [9.17, 15) is 19.8 Å². The minimum absolute atomic E-state index is 0.0402. The van der Waals surface area contributed by atoms with Gasteiger partial charge >= 0.3 is 5.97 Å². The Kier molecular flexibility index (Phi) is 10.6. The second-order valence-corrected chi connectivity index (χ2v) is 13.1. The quantitative estimate of drug-likeness (QED) is 0.206. The van der Waals surface area contributed by atoms with Gasteiger partial charge < -0.3 is 14.9 Å². The van der Waals surface area contributed by atoms with Gasteiger partial charge in [0.05, 0.1) is 40.8 Å². The van der Waals surface area contributed by atoms with Crippen LogP contribution in [0.15, 0.2) is 36.4 Å². The molecule has 0 radical (unpaired) electrons. The molecule has 192 valence electrons. The summed E-state index contributed by atoms with van der Waals surface area (Å²) in [7, 11) is 1.38. The number of ketones is 1. The van der Waals surface area contributed by atoms with Crippen LogP contribution >= 0.6 is 46.5 Å². The summed E-state index contributed by atoms with van der Waals surface area (Å²) in [4.78, 5) is 25.3. The van der Waals surface area contributed by atoms with Crippen molar-refractivity contribution in [1.82, 2.24) is 0 Å². The van der Waals surface area contributed by atoms with E-state index in [0.29, 0.717) is 18.6 Å². The Morgan fingerprint density at radius 3 is 2.77 bits per heavy atom.